The number of halogens is 1. The Hall–Kier alpha value is -6.51. The normalized spacial score (nSPS) is 16.6. The van der Waals surface area contributed by atoms with Crippen molar-refractivity contribution in [2.24, 2.45) is 17.8 Å². The van der Waals surface area contributed by atoms with Crippen LogP contribution in [-0.2, 0) is 19.3 Å². The van der Waals surface area contributed by atoms with Crippen LogP contribution in [-0.4, -0.2) is 24.9 Å². The third kappa shape index (κ3) is 8.60. The molecular formula is C57H50BrN5O2. The summed E-state index contributed by atoms with van der Waals surface area (Å²) in [4.78, 5) is 24.1. The molecule has 10 aromatic rings. The molecule has 0 amide bonds. The van der Waals surface area contributed by atoms with Crippen molar-refractivity contribution in [2.75, 3.05) is 0 Å². The van der Waals surface area contributed by atoms with Crippen molar-refractivity contribution in [3.8, 4) is 33.8 Å². The van der Waals surface area contributed by atoms with Crippen LogP contribution in [0.1, 0.15) is 66.6 Å². The summed E-state index contributed by atoms with van der Waals surface area (Å²) in [6, 6.07) is 42.4. The summed E-state index contributed by atoms with van der Waals surface area (Å²) in [5.74, 6) is 2.00. The zero-order valence-corrected chi connectivity index (χ0v) is 38.4. The van der Waals surface area contributed by atoms with Crippen LogP contribution < -0.4 is 0 Å². The number of hydrogen-bond acceptors (Lipinski definition) is 7. The Labute approximate surface area is 387 Å². The second kappa shape index (κ2) is 17.8. The van der Waals surface area contributed by atoms with E-state index >= 15 is 0 Å². The van der Waals surface area contributed by atoms with E-state index in [-0.39, 0.29) is 0 Å². The molecule has 3 atom stereocenters. The van der Waals surface area contributed by atoms with Gasteiger partial charge in [0.2, 0.25) is 11.4 Å². The smallest absolute Gasteiger partial charge is 0.227 e. The van der Waals surface area contributed by atoms with Crippen molar-refractivity contribution in [1.29, 1.82) is 0 Å². The number of aryl methyl sites for hydroxylation is 5. The van der Waals surface area contributed by atoms with Gasteiger partial charge in [-0.1, -0.05) is 76.6 Å². The first-order valence-corrected chi connectivity index (χ1v) is 23.9. The minimum Gasteiger partial charge on any atom is -0.437 e. The lowest BCUT2D eigenvalue weighted by molar-refractivity contribution is 0.172. The molecule has 0 spiro atoms. The molecule has 0 N–H and O–H groups in total. The average molecular weight is 917 g/mol. The molecule has 11 rings (SSSR count). The van der Waals surface area contributed by atoms with Crippen LogP contribution in [0, 0.1) is 31.6 Å². The maximum absolute atomic E-state index is 6.30. The lowest BCUT2D eigenvalue weighted by Crippen LogP contribution is -2.24. The molecule has 7 heterocycles. The molecule has 0 saturated heterocycles. The maximum Gasteiger partial charge on any atom is 0.227 e. The van der Waals surface area contributed by atoms with Gasteiger partial charge in [-0.3, -0.25) is 15.0 Å². The lowest BCUT2D eigenvalue weighted by atomic mass is 9.70. The molecule has 0 radical (unpaired) electrons. The topological polar surface area (TPSA) is 90.7 Å². The van der Waals surface area contributed by atoms with E-state index in [4.69, 9.17) is 23.8 Å². The summed E-state index contributed by atoms with van der Waals surface area (Å²) in [7, 11) is 0. The molecule has 7 aromatic heterocycles. The summed E-state index contributed by atoms with van der Waals surface area (Å²) >= 11 is 3.70. The van der Waals surface area contributed by atoms with Crippen molar-refractivity contribution in [3.63, 3.8) is 0 Å². The van der Waals surface area contributed by atoms with Crippen molar-refractivity contribution in [2.45, 2.75) is 71.6 Å². The molecule has 322 valence electrons. The highest BCUT2D eigenvalue weighted by atomic mass is 79.9. The monoisotopic (exact) mass is 915 g/mol. The standard InChI is InChI=1S/C57H50BrN5O2/c1-35-13-24-45-43-8-5-10-48(54(43)64-56(45)62-35)52-27-22-38(33-60-52)16-19-41-29-40(18-15-37-21-26-51(59-32-37)47-7-3-4-12-50(47)58)30-42(31-41)20-17-39-23-28-53(61-34-39)49-11-6-9-44-46-25-14-36(2)63-57(46)65-55(44)49/h3-14,21-28,32-34,40-42H,15-20,29-31H2,1-2H3/t40-,41+,42-. The summed E-state index contributed by atoms with van der Waals surface area (Å²) in [5.41, 5.74) is 14.8. The summed E-state index contributed by atoms with van der Waals surface area (Å²) in [6.45, 7) is 3.99. The lowest BCUT2D eigenvalue weighted by Gasteiger charge is -2.35. The van der Waals surface area contributed by atoms with Gasteiger partial charge >= 0.3 is 0 Å². The van der Waals surface area contributed by atoms with E-state index in [0.717, 1.165) is 102 Å². The van der Waals surface area contributed by atoms with Gasteiger partial charge in [-0.05, 0) is 167 Å². The number of nitrogens with zero attached hydrogens (tertiary/aromatic N) is 5. The minimum atomic E-state index is 0.665. The number of para-hydroxylation sites is 2. The van der Waals surface area contributed by atoms with Crippen LogP contribution in [0.2, 0.25) is 0 Å². The molecule has 1 aliphatic carbocycles. The third-order valence-corrected chi connectivity index (χ3v) is 14.4. The van der Waals surface area contributed by atoms with Crippen molar-refractivity contribution < 1.29 is 8.83 Å². The number of pyridine rings is 5. The highest BCUT2D eigenvalue weighted by Crippen LogP contribution is 2.41. The Balaban J connectivity index is 0.778. The van der Waals surface area contributed by atoms with Crippen LogP contribution >= 0.6 is 15.9 Å². The zero-order valence-electron chi connectivity index (χ0n) is 36.8. The number of fused-ring (bicyclic) bond motifs is 6. The fourth-order valence-corrected chi connectivity index (χ4v) is 10.8. The second-order valence-electron chi connectivity index (χ2n) is 18.2. The summed E-state index contributed by atoms with van der Waals surface area (Å²) in [6.07, 6.45) is 16.6. The molecule has 65 heavy (non-hydrogen) atoms. The van der Waals surface area contributed by atoms with Gasteiger partial charge in [0.15, 0.2) is 0 Å². The predicted molar refractivity (Wildman–Crippen MR) is 266 cm³/mol. The van der Waals surface area contributed by atoms with Gasteiger partial charge in [-0.2, -0.15) is 0 Å². The second-order valence-corrected chi connectivity index (χ2v) is 19.1. The van der Waals surface area contributed by atoms with Crippen LogP contribution in [0.4, 0.5) is 0 Å². The number of benzene rings is 3. The van der Waals surface area contributed by atoms with Gasteiger partial charge in [-0.25, -0.2) is 9.97 Å². The van der Waals surface area contributed by atoms with E-state index < -0.39 is 0 Å². The molecule has 1 saturated carbocycles. The summed E-state index contributed by atoms with van der Waals surface area (Å²) < 4.78 is 13.7. The molecular weight excluding hydrogens is 867 g/mol. The van der Waals surface area contributed by atoms with Crippen LogP contribution in [0.5, 0.6) is 0 Å². The molecule has 1 fully saturated rings. The largest absolute Gasteiger partial charge is 0.437 e. The third-order valence-electron chi connectivity index (χ3n) is 13.7. The fourth-order valence-electron chi connectivity index (χ4n) is 10.3. The van der Waals surface area contributed by atoms with Gasteiger partial charge in [0.1, 0.15) is 11.2 Å². The van der Waals surface area contributed by atoms with Crippen LogP contribution in [0.15, 0.2) is 153 Å². The number of aromatic nitrogens is 5. The van der Waals surface area contributed by atoms with E-state index in [9.17, 15) is 0 Å². The van der Waals surface area contributed by atoms with Crippen LogP contribution in [0.3, 0.4) is 0 Å². The van der Waals surface area contributed by atoms with E-state index in [1.807, 2.05) is 32.0 Å². The number of furan rings is 2. The van der Waals surface area contributed by atoms with E-state index in [2.05, 4.69) is 148 Å². The van der Waals surface area contributed by atoms with Crippen molar-refractivity contribution in [3.05, 3.63) is 172 Å². The van der Waals surface area contributed by atoms with Crippen LogP contribution in [0.25, 0.3) is 77.9 Å². The highest BCUT2D eigenvalue weighted by Gasteiger charge is 2.29. The number of rotatable bonds is 12. The SMILES string of the molecule is Cc1ccc2c(n1)oc1c(-c3ccc(CC[C@@H]4C[C@H](CCc5ccc(-c6ccccc6Br)nc5)C[C@H](CCc5ccc(-c6cccc7c6oc6nc(C)ccc67)nc5)C4)cn3)cccc12. The molecule has 0 aliphatic heterocycles. The Morgan fingerprint density at radius 1 is 0.446 bits per heavy atom. The Kier molecular flexibility index (Phi) is 11.3. The van der Waals surface area contributed by atoms with E-state index in [1.54, 1.807) is 0 Å². The molecule has 0 unspecified atom stereocenters. The molecule has 8 heteroatoms. The fraction of sp³-hybridized carbons (Fsp3) is 0.246. The first-order valence-electron chi connectivity index (χ1n) is 23.1. The molecule has 0 bridgehead atoms. The highest BCUT2D eigenvalue weighted by molar-refractivity contribution is 9.10. The first-order chi connectivity index (χ1) is 31.9. The van der Waals surface area contributed by atoms with E-state index in [1.165, 1.54) is 55.2 Å². The van der Waals surface area contributed by atoms with E-state index in [0.29, 0.717) is 29.2 Å². The zero-order chi connectivity index (χ0) is 43.9. The number of hydrogen-bond donors (Lipinski definition) is 0. The quantitative estimate of drug-likeness (QED) is 0.121. The van der Waals surface area contributed by atoms with Gasteiger partial charge in [0.05, 0.1) is 17.1 Å². The Morgan fingerprint density at radius 3 is 1.28 bits per heavy atom. The van der Waals surface area contributed by atoms with Gasteiger partial charge in [-0.15, -0.1) is 0 Å². The Morgan fingerprint density at radius 2 is 0.862 bits per heavy atom. The summed E-state index contributed by atoms with van der Waals surface area (Å²) in [5, 5.41) is 4.22. The van der Waals surface area contributed by atoms with Crippen molar-refractivity contribution in [1.82, 2.24) is 24.9 Å². The van der Waals surface area contributed by atoms with Gasteiger partial charge < -0.3 is 8.83 Å². The van der Waals surface area contributed by atoms with Gasteiger partial charge in [0.25, 0.3) is 0 Å². The molecule has 7 nitrogen and oxygen atoms in total. The average Bonchev–Trinajstić information content (AvgIpc) is 3.90. The van der Waals surface area contributed by atoms with Crippen molar-refractivity contribution >= 4 is 60.1 Å². The van der Waals surface area contributed by atoms with Gasteiger partial charge in [0, 0.05) is 72.7 Å². The Bertz CT molecular complexity index is 3130. The predicted octanol–water partition coefficient (Wildman–Crippen LogP) is 15.1. The minimum absolute atomic E-state index is 0.665. The molecule has 1 aliphatic rings. The molecule has 3 aromatic carbocycles. The maximum atomic E-state index is 6.30. The first kappa shape index (κ1) is 41.2.